The minimum absolute atomic E-state index is 0.133. The average Bonchev–Trinajstić information content (AvgIpc) is 3.23. The van der Waals surface area contributed by atoms with Gasteiger partial charge in [0.2, 0.25) is 11.9 Å². The van der Waals surface area contributed by atoms with Gasteiger partial charge in [0, 0.05) is 26.2 Å². The Morgan fingerprint density at radius 1 is 1.18 bits per heavy atom. The van der Waals surface area contributed by atoms with Crippen LogP contribution in [0.3, 0.4) is 0 Å². The number of anilines is 2. The van der Waals surface area contributed by atoms with Crippen LogP contribution in [0, 0.1) is 5.92 Å². The summed E-state index contributed by atoms with van der Waals surface area (Å²) in [5.41, 5.74) is 7.08. The molecule has 1 saturated heterocycles. The Morgan fingerprint density at radius 2 is 1.88 bits per heavy atom. The minimum atomic E-state index is -4.38. The molecule has 2 N–H and O–H groups in total. The van der Waals surface area contributed by atoms with E-state index in [2.05, 4.69) is 15.0 Å². The van der Waals surface area contributed by atoms with E-state index < -0.39 is 11.7 Å². The Hall–Kier alpha value is -3.37. The number of rotatable bonds is 6. The van der Waals surface area contributed by atoms with Gasteiger partial charge < -0.3 is 20.1 Å². The second-order valence-electron chi connectivity index (χ2n) is 8.44. The number of halogens is 3. The van der Waals surface area contributed by atoms with Gasteiger partial charge in [-0.2, -0.15) is 23.1 Å². The summed E-state index contributed by atoms with van der Waals surface area (Å²) >= 11 is 0. The summed E-state index contributed by atoms with van der Waals surface area (Å²) in [5.74, 6) is 0.655. The number of nitrogens with zero attached hydrogens (tertiary/aromatic N) is 6. The zero-order chi connectivity index (χ0) is 24.5. The molecule has 1 amide bonds. The SMILES string of the molecule is CCN(CC)C(=O)C1CCCN(c2nc(N)c3ncn(Cc4ccc(C(F)(F)F)cc4)c3n2)C1. The smallest absolute Gasteiger partial charge is 0.382 e. The molecule has 2 aromatic heterocycles. The maximum absolute atomic E-state index is 12.9. The molecular formula is C23H28F3N7O. The number of nitrogens with two attached hydrogens (primary N) is 1. The van der Waals surface area contributed by atoms with Crippen LogP contribution in [-0.4, -0.2) is 56.5 Å². The fourth-order valence-electron chi connectivity index (χ4n) is 4.36. The number of fused-ring (bicyclic) bond motifs is 1. The minimum Gasteiger partial charge on any atom is -0.382 e. The number of imidazole rings is 1. The van der Waals surface area contributed by atoms with Gasteiger partial charge in [0.05, 0.1) is 24.4 Å². The predicted molar refractivity (Wildman–Crippen MR) is 123 cm³/mol. The largest absolute Gasteiger partial charge is 0.416 e. The molecule has 1 aliphatic heterocycles. The van der Waals surface area contributed by atoms with Gasteiger partial charge in [-0.3, -0.25) is 4.79 Å². The van der Waals surface area contributed by atoms with Crippen LogP contribution in [0.2, 0.25) is 0 Å². The highest BCUT2D eigenvalue weighted by atomic mass is 19.4. The maximum atomic E-state index is 12.9. The molecule has 4 rings (SSSR count). The molecule has 182 valence electrons. The number of nitrogen functional groups attached to an aromatic ring is 1. The van der Waals surface area contributed by atoms with Crippen LogP contribution in [0.15, 0.2) is 30.6 Å². The molecule has 3 aromatic rings. The first-order valence-corrected chi connectivity index (χ1v) is 11.4. The average molecular weight is 476 g/mol. The van der Waals surface area contributed by atoms with Gasteiger partial charge in [-0.25, -0.2) is 4.98 Å². The first kappa shape index (κ1) is 23.8. The zero-order valence-corrected chi connectivity index (χ0v) is 19.2. The van der Waals surface area contributed by atoms with Crippen LogP contribution < -0.4 is 10.6 Å². The van der Waals surface area contributed by atoms with E-state index in [1.165, 1.54) is 12.1 Å². The Kier molecular flexibility index (Phi) is 6.63. The van der Waals surface area contributed by atoms with E-state index in [-0.39, 0.29) is 24.2 Å². The van der Waals surface area contributed by atoms with E-state index >= 15 is 0 Å². The quantitative estimate of drug-likeness (QED) is 0.586. The first-order chi connectivity index (χ1) is 16.2. The van der Waals surface area contributed by atoms with Gasteiger partial charge in [0.25, 0.3) is 0 Å². The summed E-state index contributed by atoms with van der Waals surface area (Å²) in [6.45, 7) is 6.78. The third-order valence-electron chi connectivity index (χ3n) is 6.24. The van der Waals surface area contributed by atoms with Gasteiger partial charge >= 0.3 is 6.18 Å². The summed E-state index contributed by atoms with van der Waals surface area (Å²) in [6, 6.07) is 5.00. The second kappa shape index (κ2) is 9.47. The van der Waals surface area contributed by atoms with Gasteiger partial charge in [-0.15, -0.1) is 0 Å². The molecule has 11 heteroatoms. The number of piperidine rings is 1. The number of hydrogen-bond acceptors (Lipinski definition) is 6. The zero-order valence-electron chi connectivity index (χ0n) is 19.2. The van der Waals surface area contributed by atoms with Crippen molar-refractivity contribution in [1.82, 2.24) is 24.4 Å². The lowest BCUT2D eigenvalue weighted by Crippen LogP contribution is -2.45. The van der Waals surface area contributed by atoms with Crippen molar-refractivity contribution in [3.63, 3.8) is 0 Å². The van der Waals surface area contributed by atoms with E-state index in [9.17, 15) is 18.0 Å². The van der Waals surface area contributed by atoms with Crippen molar-refractivity contribution in [3.8, 4) is 0 Å². The summed E-state index contributed by atoms with van der Waals surface area (Å²) < 4.78 is 40.3. The summed E-state index contributed by atoms with van der Waals surface area (Å²) in [7, 11) is 0. The standard InChI is InChI=1S/C23H28F3N7O/c1-3-31(4-2)21(34)16-6-5-11-32(13-16)22-29-19(27)18-20(30-22)33(14-28-18)12-15-7-9-17(10-8-15)23(24,25)26/h7-10,14,16H,3-6,11-13H2,1-2H3,(H2,27,29,30). The first-order valence-electron chi connectivity index (χ1n) is 11.4. The van der Waals surface area contributed by atoms with Crippen molar-refractivity contribution >= 4 is 28.8 Å². The van der Waals surface area contributed by atoms with Crippen LogP contribution in [0.5, 0.6) is 0 Å². The Labute approximate surface area is 195 Å². The highest BCUT2D eigenvalue weighted by Gasteiger charge is 2.31. The molecule has 0 aliphatic carbocycles. The summed E-state index contributed by atoms with van der Waals surface area (Å²) in [6.07, 6.45) is -1.17. The monoisotopic (exact) mass is 475 g/mol. The lowest BCUT2D eigenvalue weighted by Gasteiger charge is -2.34. The molecule has 0 saturated carbocycles. The second-order valence-corrected chi connectivity index (χ2v) is 8.44. The molecule has 1 fully saturated rings. The molecule has 1 aliphatic rings. The number of carbonyl (C=O) groups is 1. The fourth-order valence-corrected chi connectivity index (χ4v) is 4.36. The molecule has 3 heterocycles. The summed E-state index contributed by atoms with van der Waals surface area (Å²) in [4.78, 5) is 30.1. The van der Waals surface area contributed by atoms with Crippen molar-refractivity contribution in [2.75, 3.05) is 36.8 Å². The molecule has 1 atom stereocenters. The fraction of sp³-hybridized carbons (Fsp3) is 0.478. The Balaban J connectivity index is 1.58. The number of alkyl halides is 3. The van der Waals surface area contributed by atoms with Crippen molar-refractivity contribution in [2.24, 2.45) is 5.92 Å². The number of aromatic nitrogens is 4. The van der Waals surface area contributed by atoms with Crippen LogP contribution in [-0.2, 0) is 17.5 Å². The van der Waals surface area contributed by atoms with Gasteiger partial charge in [0.1, 0.15) is 5.52 Å². The molecule has 8 nitrogen and oxygen atoms in total. The molecular weight excluding hydrogens is 447 g/mol. The number of carbonyl (C=O) groups excluding carboxylic acids is 1. The van der Waals surface area contributed by atoms with Gasteiger partial charge in [0.15, 0.2) is 11.5 Å². The maximum Gasteiger partial charge on any atom is 0.416 e. The molecule has 1 unspecified atom stereocenters. The van der Waals surface area contributed by atoms with E-state index in [0.29, 0.717) is 48.9 Å². The number of amides is 1. The summed E-state index contributed by atoms with van der Waals surface area (Å²) in [5, 5.41) is 0. The topological polar surface area (TPSA) is 93.2 Å². The van der Waals surface area contributed by atoms with Crippen molar-refractivity contribution < 1.29 is 18.0 Å². The van der Waals surface area contributed by atoms with E-state index in [1.807, 2.05) is 23.6 Å². The van der Waals surface area contributed by atoms with E-state index in [0.717, 1.165) is 25.0 Å². The van der Waals surface area contributed by atoms with Crippen LogP contribution in [0.1, 0.15) is 37.8 Å². The third-order valence-corrected chi connectivity index (χ3v) is 6.24. The molecule has 1 aromatic carbocycles. The van der Waals surface area contributed by atoms with Gasteiger partial charge in [-0.05, 0) is 44.4 Å². The molecule has 0 bridgehead atoms. The van der Waals surface area contributed by atoms with Crippen molar-refractivity contribution in [2.45, 2.75) is 39.4 Å². The number of hydrogen-bond donors (Lipinski definition) is 1. The van der Waals surface area contributed by atoms with Crippen molar-refractivity contribution in [3.05, 3.63) is 41.7 Å². The van der Waals surface area contributed by atoms with Gasteiger partial charge in [-0.1, -0.05) is 12.1 Å². The van der Waals surface area contributed by atoms with Crippen LogP contribution in [0.25, 0.3) is 11.2 Å². The highest BCUT2D eigenvalue weighted by molar-refractivity contribution is 5.83. The lowest BCUT2D eigenvalue weighted by atomic mass is 9.96. The van der Waals surface area contributed by atoms with Crippen LogP contribution in [0.4, 0.5) is 24.9 Å². The predicted octanol–water partition coefficient (Wildman–Crippen LogP) is 3.56. The lowest BCUT2D eigenvalue weighted by molar-refractivity contribution is -0.137. The third kappa shape index (κ3) is 4.78. The Bertz CT molecular complexity index is 1160. The van der Waals surface area contributed by atoms with E-state index in [4.69, 9.17) is 5.73 Å². The Morgan fingerprint density at radius 3 is 2.53 bits per heavy atom. The molecule has 34 heavy (non-hydrogen) atoms. The highest BCUT2D eigenvalue weighted by Crippen LogP contribution is 2.30. The van der Waals surface area contributed by atoms with Crippen molar-refractivity contribution in [1.29, 1.82) is 0 Å². The van der Waals surface area contributed by atoms with E-state index in [1.54, 1.807) is 10.9 Å². The normalized spacial score (nSPS) is 16.7. The van der Waals surface area contributed by atoms with Crippen LogP contribution >= 0.6 is 0 Å². The molecule has 0 spiro atoms. The number of benzene rings is 1. The molecule has 0 radical (unpaired) electrons.